The summed E-state index contributed by atoms with van der Waals surface area (Å²) in [5.74, 6) is -1.56. The number of hydrogen-bond donors (Lipinski definition) is 1. The second-order valence-electron chi connectivity index (χ2n) is 6.61. The van der Waals surface area contributed by atoms with Crippen LogP contribution in [0.5, 0.6) is 0 Å². The Morgan fingerprint density at radius 2 is 1.91 bits per heavy atom. The molecule has 0 spiro atoms. The smallest absolute Gasteiger partial charge is 0.327 e. The molecule has 2 aliphatic heterocycles. The molecule has 3 rings (SSSR count). The Balaban J connectivity index is 1.66. The van der Waals surface area contributed by atoms with Gasteiger partial charge < -0.3 is 10.0 Å². The van der Waals surface area contributed by atoms with Gasteiger partial charge in [-0.3, -0.25) is 9.59 Å². The summed E-state index contributed by atoms with van der Waals surface area (Å²) >= 11 is 1.49. The second kappa shape index (κ2) is 5.67. The van der Waals surface area contributed by atoms with E-state index in [0.29, 0.717) is 6.42 Å². The molecule has 0 aliphatic carbocycles. The zero-order valence-corrected chi connectivity index (χ0v) is 13.9. The van der Waals surface area contributed by atoms with Crippen LogP contribution in [0.2, 0.25) is 0 Å². The van der Waals surface area contributed by atoms with E-state index in [-0.39, 0.29) is 29.4 Å². The van der Waals surface area contributed by atoms with Crippen molar-refractivity contribution in [2.75, 3.05) is 0 Å². The fraction of sp³-hybridized carbons (Fsp3) is 0.471. The van der Waals surface area contributed by atoms with Gasteiger partial charge in [-0.15, -0.1) is 11.8 Å². The summed E-state index contributed by atoms with van der Waals surface area (Å²) in [6.07, 6.45) is 0.498. The van der Waals surface area contributed by atoms with Crippen molar-refractivity contribution in [3.63, 3.8) is 0 Å². The van der Waals surface area contributed by atoms with Gasteiger partial charge in [-0.05, 0) is 19.4 Å². The third-order valence-corrected chi connectivity index (χ3v) is 6.10. The molecule has 0 saturated carbocycles. The number of carbonyl (C=O) groups is 3. The van der Waals surface area contributed by atoms with Crippen molar-refractivity contribution in [3.05, 3.63) is 35.9 Å². The van der Waals surface area contributed by atoms with Crippen LogP contribution in [0.25, 0.3) is 0 Å². The van der Waals surface area contributed by atoms with E-state index in [4.69, 9.17) is 0 Å². The number of rotatable bonds is 5. The van der Waals surface area contributed by atoms with Crippen molar-refractivity contribution in [2.45, 2.75) is 42.9 Å². The highest BCUT2D eigenvalue weighted by atomic mass is 32.2. The fourth-order valence-corrected chi connectivity index (χ4v) is 5.10. The SMILES string of the molecule is CC1(C)SC2[C@H](CC(=O)Cc3ccccc3)C(=O)N2[C@H]1C(=O)O. The molecule has 0 bridgehead atoms. The number of carbonyl (C=O) groups excluding carboxylic acids is 2. The maximum absolute atomic E-state index is 12.3. The normalized spacial score (nSPS) is 28.2. The largest absolute Gasteiger partial charge is 0.480 e. The number of aliphatic carboxylic acids is 1. The van der Waals surface area contributed by atoms with E-state index in [0.717, 1.165) is 5.56 Å². The lowest BCUT2D eigenvalue weighted by molar-refractivity contribution is -0.164. The highest BCUT2D eigenvalue weighted by Gasteiger charge is 2.63. The van der Waals surface area contributed by atoms with Gasteiger partial charge >= 0.3 is 5.97 Å². The standard InChI is InChI=1S/C17H19NO4S/c1-17(2)13(16(21)22)18-14(20)12(15(18)23-17)9-11(19)8-10-6-4-3-5-7-10/h3-7,12-13,15H,8-9H2,1-2H3,(H,21,22)/t12-,13+,15?/m1/s1. The minimum Gasteiger partial charge on any atom is -0.480 e. The van der Waals surface area contributed by atoms with E-state index in [1.807, 2.05) is 44.2 Å². The number of thioether (sulfide) groups is 1. The summed E-state index contributed by atoms with van der Waals surface area (Å²) < 4.78 is -0.538. The van der Waals surface area contributed by atoms with Crippen molar-refractivity contribution in [3.8, 4) is 0 Å². The van der Waals surface area contributed by atoms with Crippen LogP contribution >= 0.6 is 11.8 Å². The Hall–Kier alpha value is -1.82. The predicted molar refractivity (Wildman–Crippen MR) is 87.0 cm³/mol. The molecule has 0 radical (unpaired) electrons. The first-order valence-electron chi connectivity index (χ1n) is 7.59. The summed E-state index contributed by atoms with van der Waals surface area (Å²) in [6.45, 7) is 3.68. The summed E-state index contributed by atoms with van der Waals surface area (Å²) in [6, 6.07) is 8.62. The van der Waals surface area contributed by atoms with Gasteiger partial charge in [0, 0.05) is 17.6 Å². The Kier molecular flexibility index (Phi) is 3.96. The number of benzene rings is 1. The number of carboxylic acids is 1. The van der Waals surface area contributed by atoms with Crippen LogP contribution < -0.4 is 0 Å². The molecule has 1 N–H and O–H groups in total. The summed E-state index contributed by atoms with van der Waals surface area (Å²) in [4.78, 5) is 37.4. The first kappa shape index (κ1) is 16.1. The molecule has 5 nitrogen and oxygen atoms in total. The zero-order valence-electron chi connectivity index (χ0n) is 13.1. The maximum atomic E-state index is 12.3. The minimum absolute atomic E-state index is 0.0198. The van der Waals surface area contributed by atoms with E-state index in [1.165, 1.54) is 16.7 Å². The van der Waals surface area contributed by atoms with E-state index in [1.54, 1.807) is 0 Å². The highest BCUT2D eigenvalue weighted by molar-refractivity contribution is 8.01. The number of β-lactam (4-membered cyclic amide) rings is 1. The molecule has 2 fully saturated rings. The van der Waals surface area contributed by atoms with Gasteiger partial charge in [0.15, 0.2) is 0 Å². The number of ketones is 1. The molecule has 2 saturated heterocycles. The van der Waals surface area contributed by atoms with Gasteiger partial charge in [0.2, 0.25) is 5.91 Å². The second-order valence-corrected chi connectivity index (χ2v) is 8.38. The molecule has 1 unspecified atom stereocenters. The lowest BCUT2D eigenvalue weighted by Crippen LogP contribution is -2.62. The summed E-state index contributed by atoms with van der Waals surface area (Å²) in [5.41, 5.74) is 0.934. The molecule has 122 valence electrons. The monoisotopic (exact) mass is 333 g/mol. The molecule has 2 heterocycles. The number of carboxylic acid groups (broad SMARTS) is 1. The average Bonchev–Trinajstić information content (AvgIpc) is 2.74. The lowest BCUT2D eigenvalue weighted by Gasteiger charge is -2.43. The van der Waals surface area contributed by atoms with Crippen LogP contribution in [0.1, 0.15) is 25.8 Å². The van der Waals surface area contributed by atoms with Crippen LogP contribution in [0.4, 0.5) is 0 Å². The molecule has 1 aromatic carbocycles. The van der Waals surface area contributed by atoms with Crippen LogP contribution in [-0.2, 0) is 20.8 Å². The summed E-state index contributed by atoms with van der Waals surface area (Å²) in [5, 5.41) is 9.18. The van der Waals surface area contributed by atoms with Gasteiger partial charge in [0.25, 0.3) is 0 Å². The van der Waals surface area contributed by atoms with Crippen LogP contribution in [0, 0.1) is 5.92 Å². The first-order valence-corrected chi connectivity index (χ1v) is 8.47. The molecule has 1 aromatic rings. The number of nitrogens with zero attached hydrogens (tertiary/aromatic N) is 1. The van der Waals surface area contributed by atoms with Crippen molar-refractivity contribution < 1.29 is 19.5 Å². The highest BCUT2D eigenvalue weighted by Crippen LogP contribution is 2.54. The number of hydrogen-bond acceptors (Lipinski definition) is 4. The van der Waals surface area contributed by atoms with Crippen molar-refractivity contribution in [2.24, 2.45) is 5.92 Å². The van der Waals surface area contributed by atoms with E-state index in [2.05, 4.69) is 0 Å². The minimum atomic E-state index is -0.979. The first-order chi connectivity index (χ1) is 10.8. The Labute approximate surface area is 139 Å². The molecule has 1 amide bonds. The van der Waals surface area contributed by atoms with Crippen LogP contribution in [0.3, 0.4) is 0 Å². The third kappa shape index (κ3) is 2.76. The Morgan fingerprint density at radius 1 is 1.26 bits per heavy atom. The number of Topliss-reactive ketones (excluding diaryl/α,β-unsaturated/α-hetero) is 1. The van der Waals surface area contributed by atoms with Gasteiger partial charge in [-0.1, -0.05) is 30.3 Å². The summed E-state index contributed by atoms with van der Waals surface area (Å²) in [7, 11) is 0. The van der Waals surface area contributed by atoms with E-state index in [9.17, 15) is 19.5 Å². The van der Waals surface area contributed by atoms with Crippen LogP contribution in [0.15, 0.2) is 30.3 Å². The van der Waals surface area contributed by atoms with Crippen molar-refractivity contribution in [1.29, 1.82) is 0 Å². The number of amides is 1. The Bertz CT molecular complexity index is 658. The molecule has 3 atom stereocenters. The average molecular weight is 333 g/mol. The van der Waals surface area contributed by atoms with Gasteiger partial charge in [-0.25, -0.2) is 4.79 Å². The van der Waals surface area contributed by atoms with Gasteiger partial charge in [-0.2, -0.15) is 0 Å². The van der Waals surface area contributed by atoms with Crippen molar-refractivity contribution in [1.82, 2.24) is 4.90 Å². The quantitative estimate of drug-likeness (QED) is 0.834. The van der Waals surface area contributed by atoms with E-state index >= 15 is 0 Å². The number of fused-ring (bicyclic) bond motifs is 1. The molecule has 2 aliphatic rings. The fourth-order valence-electron chi connectivity index (χ4n) is 3.42. The molecule has 0 aromatic heterocycles. The predicted octanol–water partition coefficient (Wildman–Crippen LogP) is 1.95. The molecular formula is C17H19NO4S. The molecule has 23 heavy (non-hydrogen) atoms. The van der Waals surface area contributed by atoms with Crippen LogP contribution in [-0.4, -0.2) is 43.8 Å². The topological polar surface area (TPSA) is 74.7 Å². The lowest BCUT2D eigenvalue weighted by atomic mass is 9.87. The Morgan fingerprint density at radius 3 is 2.52 bits per heavy atom. The van der Waals surface area contributed by atoms with Gasteiger partial charge in [0.05, 0.1) is 11.3 Å². The molecule has 6 heteroatoms. The molecular weight excluding hydrogens is 314 g/mol. The third-order valence-electron chi connectivity index (χ3n) is 4.48. The zero-order chi connectivity index (χ0) is 16.8. The van der Waals surface area contributed by atoms with E-state index < -0.39 is 16.8 Å². The maximum Gasteiger partial charge on any atom is 0.327 e. The van der Waals surface area contributed by atoms with Gasteiger partial charge in [0.1, 0.15) is 11.8 Å². The van der Waals surface area contributed by atoms with Crippen molar-refractivity contribution >= 4 is 29.4 Å².